The molecule has 0 radical (unpaired) electrons. The van der Waals surface area contributed by atoms with Gasteiger partial charge in [0.1, 0.15) is 11.6 Å². The van der Waals surface area contributed by atoms with E-state index in [1.54, 1.807) is 19.9 Å². The number of rotatable bonds is 4. The molecule has 0 saturated heterocycles. The van der Waals surface area contributed by atoms with E-state index in [2.05, 4.69) is 0 Å². The summed E-state index contributed by atoms with van der Waals surface area (Å²) in [4.78, 5) is 24.7. The summed E-state index contributed by atoms with van der Waals surface area (Å²) in [5.41, 5.74) is 1.59. The van der Waals surface area contributed by atoms with Gasteiger partial charge in [-0.1, -0.05) is 13.0 Å². The Balaban J connectivity index is 2.31. The molecule has 0 unspecified atom stereocenters. The van der Waals surface area contributed by atoms with Crippen molar-refractivity contribution < 1.29 is 24.2 Å². The van der Waals surface area contributed by atoms with Gasteiger partial charge in [0.05, 0.1) is 11.4 Å². The second-order valence-electron chi connectivity index (χ2n) is 6.15. The van der Waals surface area contributed by atoms with Crippen molar-refractivity contribution in [2.24, 2.45) is 0 Å². The minimum absolute atomic E-state index is 0.0191. The number of aromatic hydroxyl groups is 1. The van der Waals surface area contributed by atoms with E-state index < -0.39 is 23.6 Å². The molecule has 3 aromatic rings. The van der Waals surface area contributed by atoms with Crippen LogP contribution in [0.1, 0.15) is 40.9 Å². The molecule has 0 aliphatic rings. The molecule has 0 saturated carbocycles. The average molecular weight is 355 g/mol. The fraction of sp³-hybridized carbons (Fsp3) is 0.200. The monoisotopic (exact) mass is 355 g/mol. The Labute approximate surface area is 149 Å². The number of nitrogens with zero attached hydrogens (tertiary/aromatic N) is 1. The summed E-state index contributed by atoms with van der Waals surface area (Å²) >= 11 is 0. The van der Waals surface area contributed by atoms with Crippen LogP contribution in [0, 0.1) is 12.7 Å². The average Bonchev–Trinajstić information content (AvgIpc) is 2.87. The predicted octanol–water partition coefficient (Wildman–Crippen LogP) is 4.06. The number of phenolic OH excluding ortho intramolecular Hbond substituents is 1. The van der Waals surface area contributed by atoms with Gasteiger partial charge in [-0.05, 0) is 55.3 Å². The Hall–Kier alpha value is -3.15. The van der Waals surface area contributed by atoms with Crippen LogP contribution < -0.4 is 0 Å². The zero-order valence-corrected chi connectivity index (χ0v) is 14.4. The zero-order chi connectivity index (χ0) is 19.0. The van der Waals surface area contributed by atoms with Crippen molar-refractivity contribution in [3.63, 3.8) is 0 Å². The van der Waals surface area contributed by atoms with Crippen LogP contribution in [0.15, 0.2) is 42.5 Å². The molecule has 3 rings (SSSR count). The van der Waals surface area contributed by atoms with Gasteiger partial charge in [-0.25, -0.2) is 4.39 Å². The zero-order valence-electron chi connectivity index (χ0n) is 14.4. The van der Waals surface area contributed by atoms with Crippen molar-refractivity contribution >= 4 is 22.8 Å². The number of benzene rings is 2. The van der Waals surface area contributed by atoms with Gasteiger partial charge >= 0.3 is 5.97 Å². The molecule has 0 bridgehead atoms. The minimum atomic E-state index is -1.00. The van der Waals surface area contributed by atoms with E-state index in [4.69, 9.17) is 0 Å². The number of aliphatic carboxylic acids is 1. The number of carbonyl (C=O) groups is 2. The molecule has 0 fully saturated rings. The number of fused-ring (bicyclic) bond motifs is 1. The summed E-state index contributed by atoms with van der Waals surface area (Å²) in [7, 11) is 0. The highest BCUT2D eigenvalue weighted by molar-refractivity contribution is 6.05. The second kappa shape index (κ2) is 6.63. The van der Waals surface area contributed by atoms with Crippen LogP contribution in [-0.2, 0) is 4.79 Å². The van der Waals surface area contributed by atoms with Crippen LogP contribution in [0.3, 0.4) is 0 Å². The Kier molecular flexibility index (Phi) is 4.50. The quantitative estimate of drug-likeness (QED) is 0.740. The molecule has 26 heavy (non-hydrogen) atoms. The normalized spacial score (nSPS) is 12.3. The Morgan fingerprint density at radius 3 is 2.54 bits per heavy atom. The maximum atomic E-state index is 13.5. The van der Waals surface area contributed by atoms with Crippen LogP contribution in [0.5, 0.6) is 5.75 Å². The maximum absolute atomic E-state index is 13.5. The predicted molar refractivity (Wildman–Crippen MR) is 95.1 cm³/mol. The molecule has 0 amide bonds. The van der Waals surface area contributed by atoms with E-state index in [1.165, 1.54) is 34.9 Å². The lowest BCUT2D eigenvalue weighted by Gasteiger charge is -2.12. The molecular formula is C20H18FNO4. The topological polar surface area (TPSA) is 79.5 Å². The minimum Gasteiger partial charge on any atom is -0.508 e. The number of carbonyl (C=O) groups excluding carboxylic acids is 1. The standard InChI is InChI=1S/C20H18FNO4/c1-3-15(20(25)26)18-11(2)22(17-8-7-14(23)10-16(17)18)19(24)12-5-4-6-13(21)9-12/h4-10,15,23H,3H2,1-2H3,(H,25,26)/t15-/m0/s1. The highest BCUT2D eigenvalue weighted by Gasteiger charge is 2.28. The number of hydrogen-bond acceptors (Lipinski definition) is 3. The maximum Gasteiger partial charge on any atom is 0.311 e. The highest BCUT2D eigenvalue weighted by Crippen LogP contribution is 2.36. The first-order chi connectivity index (χ1) is 12.3. The first-order valence-electron chi connectivity index (χ1n) is 8.22. The van der Waals surface area contributed by atoms with E-state index in [-0.39, 0.29) is 11.3 Å². The lowest BCUT2D eigenvalue weighted by Crippen LogP contribution is -2.16. The SMILES string of the molecule is CC[C@H](C(=O)O)c1c(C)n(C(=O)c2cccc(F)c2)c2ccc(O)cc12. The van der Waals surface area contributed by atoms with Crippen LogP contribution in [0.25, 0.3) is 10.9 Å². The van der Waals surface area contributed by atoms with Gasteiger partial charge in [0.2, 0.25) is 0 Å². The number of aromatic nitrogens is 1. The smallest absolute Gasteiger partial charge is 0.311 e. The lowest BCUT2D eigenvalue weighted by molar-refractivity contribution is -0.138. The molecule has 0 spiro atoms. The lowest BCUT2D eigenvalue weighted by atomic mass is 9.94. The number of carboxylic acids is 1. The summed E-state index contributed by atoms with van der Waals surface area (Å²) in [6, 6.07) is 9.79. The Morgan fingerprint density at radius 2 is 1.92 bits per heavy atom. The van der Waals surface area contributed by atoms with Crippen LogP contribution in [0.4, 0.5) is 4.39 Å². The van der Waals surface area contributed by atoms with Crippen molar-refractivity contribution in [2.45, 2.75) is 26.2 Å². The molecule has 5 nitrogen and oxygen atoms in total. The van der Waals surface area contributed by atoms with Gasteiger partial charge in [0.15, 0.2) is 0 Å². The van der Waals surface area contributed by atoms with Crippen LogP contribution in [-0.4, -0.2) is 26.7 Å². The number of phenols is 1. The van der Waals surface area contributed by atoms with Gasteiger partial charge in [-0.2, -0.15) is 0 Å². The van der Waals surface area contributed by atoms with E-state index in [1.807, 2.05) is 0 Å². The fourth-order valence-electron chi connectivity index (χ4n) is 3.39. The van der Waals surface area contributed by atoms with E-state index in [9.17, 15) is 24.2 Å². The van der Waals surface area contributed by atoms with Crippen molar-refractivity contribution in [1.82, 2.24) is 4.57 Å². The third-order valence-electron chi connectivity index (χ3n) is 4.57. The van der Waals surface area contributed by atoms with Gasteiger partial charge < -0.3 is 10.2 Å². The summed E-state index contributed by atoms with van der Waals surface area (Å²) in [5.74, 6) is -2.82. The van der Waals surface area contributed by atoms with E-state index in [0.717, 1.165) is 6.07 Å². The third-order valence-corrected chi connectivity index (χ3v) is 4.57. The van der Waals surface area contributed by atoms with E-state index >= 15 is 0 Å². The van der Waals surface area contributed by atoms with Crippen LogP contribution >= 0.6 is 0 Å². The van der Waals surface area contributed by atoms with Gasteiger partial charge in [-0.15, -0.1) is 0 Å². The first-order valence-corrected chi connectivity index (χ1v) is 8.22. The largest absolute Gasteiger partial charge is 0.508 e. The molecule has 1 atom stereocenters. The molecule has 6 heteroatoms. The Morgan fingerprint density at radius 1 is 1.19 bits per heavy atom. The number of carboxylic acid groups (broad SMARTS) is 1. The summed E-state index contributed by atoms with van der Waals surface area (Å²) in [6.45, 7) is 3.41. The number of halogens is 1. The summed E-state index contributed by atoms with van der Waals surface area (Å²) in [6.07, 6.45) is 0.332. The van der Waals surface area contributed by atoms with Crippen LogP contribution in [0.2, 0.25) is 0 Å². The molecular weight excluding hydrogens is 337 g/mol. The van der Waals surface area contributed by atoms with Gasteiger partial charge in [0, 0.05) is 16.6 Å². The Bertz CT molecular complexity index is 1020. The third kappa shape index (κ3) is 2.83. The molecule has 134 valence electrons. The molecule has 0 aliphatic carbocycles. The molecule has 0 aliphatic heterocycles. The van der Waals surface area contributed by atoms with Crippen molar-refractivity contribution in [2.75, 3.05) is 0 Å². The fourth-order valence-corrected chi connectivity index (χ4v) is 3.39. The summed E-state index contributed by atoms with van der Waals surface area (Å²) < 4.78 is 14.9. The molecule has 2 N–H and O–H groups in total. The van der Waals surface area contributed by atoms with Gasteiger partial charge in [-0.3, -0.25) is 14.2 Å². The van der Waals surface area contributed by atoms with Crippen molar-refractivity contribution in [3.05, 3.63) is 65.1 Å². The van der Waals surface area contributed by atoms with E-state index in [0.29, 0.717) is 28.6 Å². The second-order valence-corrected chi connectivity index (χ2v) is 6.15. The van der Waals surface area contributed by atoms with Crippen molar-refractivity contribution in [1.29, 1.82) is 0 Å². The summed E-state index contributed by atoms with van der Waals surface area (Å²) in [5, 5.41) is 19.9. The number of hydrogen-bond donors (Lipinski definition) is 2. The molecule has 1 aromatic heterocycles. The van der Waals surface area contributed by atoms with Gasteiger partial charge in [0.25, 0.3) is 5.91 Å². The van der Waals surface area contributed by atoms with Crippen molar-refractivity contribution in [3.8, 4) is 5.75 Å². The molecule has 1 heterocycles. The highest BCUT2D eigenvalue weighted by atomic mass is 19.1. The molecule has 2 aromatic carbocycles. The first kappa shape index (κ1) is 17.7.